The summed E-state index contributed by atoms with van der Waals surface area (Å²) in [7, 11) is 0. The van der Waals surface area contributed by atoms with Gasteiger partial charge in [-0.1, -0.05) is 26.1 Å². The Hall–Kier alpha value is -0.810. The molecule has 0 spiro atoms. The monoisotopic (exact) mass is 282 g/mol. The van der Waals surface area contributed by atoms with Crippen LogP contribution in [0.1, 0.15) is 24.2 Å². The molecule has 98 valence electrons. The number of amides is 1. The van der Waals surface area contributed by atoms with E-state index in [9.17, 15) is 4.79 Å². The zero-order valence-corrected chi connectivity index (χ0v) is 12.3. The first-order valence-corrected chi connectivity index (χ1v) is 7.64. The van der Waals surface area contributed by atoms with Crippen molar-refractivity contribution in [3.05, 3.63) is 28.5 Å². The van der Waals surface area contributed by atoms with E-state index in [1.54, 1.807) is 12.3 Å². The molecular weight excluding hydrogens is 264 g/mol. The lowest BCUT2D eigenvalue weighted by Crippen LogP contribution is -2.43. The molecule has 0 saturated carbocycles. The molecule has 3 nitrogen and oxygen atoms in total. The number of hydrogen-bond acceptors (Lipinski definition) is 3. The van der Waals surface area contributed by atoms with Crippen molar-refractivity contribution in [2.75, 3.05) is 18.8 Å². The van der Waals surface area contributed by atoms with E-state index in [2.05, 4.69) is 18.8 Å². The molecule has 1 aliphatic rings. The highest BCUT2D eigenvalue weighted by Gasteiger charge is 2.27. The zero-order valence-electron chi connectivity index (χ0n) is 10.7. The Morgan fingerprint density at radius 1 is 1.61 bits per heavy atom. The minimum atomic E-state index is 0.0581. The van der Waals surface area contributed by atoms with Gasteiger partial charge in [-0.2, -0.15) is 11.8 Å². The van der Waals surface area contributed by atoms with Gasteiger partial charge < -0.3 is 9.88 Å². The number of hydrogen-bond donors (Lipinski definition) is 1. The Balaban J connectivity index is 2.14. The highest BCUT2D eigenvalue weighted by atomic mass is 32.2. The second-order valence-corrected chi connectivity index (χ2v) is 6.57. The van der Waals surface area contributed by atoms with Gasteiger partial charge in [0.25, 0.3) is 5.91 Å². The maximum atomic E-state index is 12.4. The van der Waals surface area contributed by atoms with Crippen LogP contribution >= 0.6 is 24.0 Å². The standard InChI is InChI=1S/C13H18N2OS2/c1-9(2)11-8-15(6-7-18-11)13(16)10-4-3-5-14-12(10)17/h3-5,9,11H,6-8H2,1-2H3,(H,14,17). The quantitative estimate of drug-likeness (QED) is 0.847. The number of thioether (sulfide) groups is 1. The molecule has 0 aliphatic carbocycles. The highest BCUT2D eigenvalue weighted by Crippen LogP contribution is 2.25. The summed E-state index contributed by atoms with van der Waals surface area (Å²) >= 11 is 7.13. The summed E-state index contributed by atoms with van der Waals surface area (Å²) in [5, 5.41) is 0.531. The summed E-state index contributed by atoms with van der Waals surface area (Å²) in [5.41, 5.74) is 0.613. The first-order chi connectivity index (χ1) is 8.59. The third-order valence-electron chi connectivity index (χ3n) is 3.17. The molecule has 18 heavy (non-hydrogen) atoms. The Labute approximate surface area is 117 Å². The van der Waals surface area contributed by atoms with Gasteiger partial charge in [-0.3, -0.25) is 4.79 Å². The third-order valence-corrected chi connectivity index (χ3v) is 5.05. The molecule has 1 aromatic heterocycles. The lowest BCUT2D eigenvalue weighted by molar-refractivity contribution is 0.0755. The molecule has 1 aromatic rings. The molecule has 1 aliphatic heterocycles. The van der Waals surface area contributed by atoms with Crippen LogP contribution in [-0.2, 0) is 0 Å². The van der Waals surface area contributed by atoms with Gasteiger partial charge in [0.2, 0.25) is 0 Å². The molecular formula is C13H18N2OS2. The van der Waals surface area contributed by atoms with E-state index in [0.29, 0.717) is 21.4 Å². The molecule has 0 aromatic carbocycles. The maximum Gasteiger partial charge on any atom is 0.256 e. The average molecular weight is 282 g/mol. The molecule has 2 rings (SSSR count). The van der Waals surface area contributed by atoms with Crippen LogP contribution in [0.5, 0.6) is 0 Å². The molecule has 0 bridgehead atoms. The van der Waals surface area contributed by atoms with E-state index in [1.165, 1.54) is 0 Å². The Morgan fingerprint density at radius 3 is 3.06 bits per heavy atom. The number of aromatic nitrogens is 1. The number of H-pyrrole nitrogens is 1. The second-order valence-electron chi connectivity index (χ2n) is 4.82. The van der Waals surface area contributed by atoms with Crippen molar-refractivity contribution in [2.45, 2.75) is 19.1 Å². The fraction of sp³-hybridized carbons (Fsp3) is 0.538. The van der Waals surface area contributed by atoms with E-state index < -0.39 is 0 Å². The van der Waals surface area contributed by atoms with Gasteiger partial charge in [-0.05, 0) is 18.1 Å². The Bertz CT molecular complexity index is 484. The van der Waals surface area contributed by atoms with E-state index in [4.69, 9.17) is 12.2 Å². The zero-order chi connectivity index (χ0) is 13.1. The summed E-state index contributed by atoms with van der Waals surface area (Å²) in [6.07, 6.45) is 1.75. The van der Waals surface area contributed by atoms with E-state index in [0.717, 1.165) is 18.8 Å². The van der Waals surface area contributed by atoms with Gasteiger partial charge in [0.15, 0.2) is 0 Å². The Morgan fingerprint density at radius 2 is 2.39 bits per heavy atom. The number of rotatable bonds is 2. The number of pyridine rings is 1. The molecule has 1 unspecified atom stereocenters. The fourth-order valence-electron chi connectivity index (χ4n) is 2.02. The van der Waals surface area contributed by atoms with Crippen LogP contribution in [-0.4, -0.2) is 39.9 Å². The van der Waals surface area contributed by atoms with Crippen molar-refractivity contribution in [3.63, 3.8) is 0 Å². The second kappa shape index (κ2) is 5.89. The van der Waals surface area contributed by atoms with E-state index in [1.807, 2.05) is 22.7 Å². The maximum absolute atomic E-state index is 12.4. The van der Waals surface area contributed by atoms with Gasteiger partial charge in [0.05, 0.1) is 5.56 Å². The average Bonchev–Trinajstić information content (AvgIpc) is 2.38. The van der Waals surface area contributed by atoms with Crippen LogP contribution in [0.4, 0.5) is 0 Å². The van der Waals surface area contributed by atoms with Crippen LogP contribution in [0, 0.1) is 10.6 Å². The number of nitrogens with one attached hydrogen (secondary N) is 1. The molecule has 1 N–H and O–H groups in total. The fourth-order valence-corrected chi connectivity index (χ4v) is 3.55. The van der Waals surface area contributed by atoms with Gasteiger partial charge in [-0.25, -0.2) is 0 Å². The van der Waals surface area contributed by atoms with E-state index in [-0.39, 0.29) is 5.91 Å². The normalized spacial score (nSPS) is 20.2. The summed E-state index contributed by atoms with van der Waals surface area (Å²) in [6, 6.07) is 3.62. The van der Waals surface area contributed by atoms with E-state index >= 15 is 0 Å². The largest absolute Gasteiger partial charge is 0.352 e. The molecule has 1 amide bonds. The molecule has 1 saturated heterocycles. The minimum Gasteiger partial charge on any atom is -0.352 e. The van der Waals surface area contributed by atoms with Crippen LogP contribution in [0.15, 0.2) is 18.3 Å². The minimum absolute atomic E-state index is 0.0581. The lowest BCUT2D eigenvalue weighted by Gasteiger charge is -2.34. The number of carbonyl (C=O) groups is 1. The van der Waals surface area contributed by atoms with Crippen LogP contribution in [0.25, 0.3) is 0 Å². The van der Waals surface area contributed by atoms with Crippen molar-refractivity contribution >= 4 is 29.9 Å². The highest BCUT2D eigenvalue weighted by molar-refractivity contribution is 8.00. The molecule has 5 heteroatoms. The first kappa shape index (κ1) is 13.6. The van der Waals surface area contributed by atoms with Crippen molar-refractivity contribution in [1.82, 2.24) is 9.88 Å². The summed E-state index contributed by atoms with van der Waals surface area (Å²) in [5.74, 6) is 1.66. The molecule has 1 fully saturated rings. The molecule has 1 atom stereocenters. The number of aromatic amines is 1. The third kappa shape index (κ3) is 2.95. The molecule has 2 heterocycles. The van der Waals surface area contributed by atoms with Gasteiger partial charge in [-0.15, -0.1) is 0 Å². The summed E-state index contributed by atoms with van der Waals surface area (Å²) in [6.45, 7) is 6.06. The van der Waals surface area contributed by atoms with Gasteiger partial charge in [0.1, 0.15) is 4.64 Å². The SMILES string of the molecule is CC(C)C1CN(C(=O)c2ccc[nH]c2=S)CCS1. The lowest BCUT2D eigenvalue weighted by atomic mass is 10.1. The van der Waals surface area contributed by atoms with Gasteiger partial charge in [0, 0.05) is 30.3 Å². The van der Waals surface area contributed by atoms with Crippen molar-refractivity contribution in [1.29, 1.82) is 0 Å². The summed E-state index contributed by atoms with van der Waals surface area (Å²) < 4.78 is 0.529. The van der Waals surface area contributed by atoms with Gasteiger partial charge >= 0.3 is 0 Å². The van der Waals surface area contributed by atoms with Crippen molar-refractivity contribution in [3.8, 4) is 0 Å². The number of nitrogens with zero attached hydrogens (tertiary/aromatic N) is 1. The topological polar surface area (TPSA) is 36.1 Å². The van der Waals surface area contributed by atoms with Crippen LogP contribution in [0.2, 0.25) is 0 Å². The van der Waals surface area contributed by atoms with Crippen LogP contribution in [0.3, 0.4) is 0 Å². The van der Waals surface area contributed by atoms with Crippen molar-refractivity contribution in [2.24, 2.45) is 5.92 Å². The predicted molar refractivity (Wildman–Crippen MR) is 78.6 cm³/mol. The first-order valence-electron chi connectivity index (χ1n) is 6.18. The smallest absolute Gasteiger partial charge is 0.256 e. The summed E-state index contributed by atoms with van der Waals surface area (Å²) in [4.78, 5) is 17.3. The van der Waals surface area contributed by atoms with Crippen molar-refractivity contribution < 1.29 is 4.79 Å². The predicted octanol–water partition coefficient (Wildman–Crippen LogP) is 2.96. The Kier molecular flexibility index (Phi) is 4.45. The molecule has 0 radical (unpaired) electrons. The number of carbonyl (C=O) groups excluding carboxylic acids is 1. The van der Waals surface area contributed by atoms with Crippen LogP contribution < -0.4 is 0 Å².